The number of hydrogen-bond donors (Lipinski definition) is 2. The molecule has 0 saturated heterocycles. The Hall–Kier alpha value is -3.47. The molecule has 0 fully saturated rings. The number of aryl methyl sites for hydroxylation is 1. The van der Waals surface area contributed by atoms with Crippen LogP contribution in [0.2, 0.25) is 0 Å². The van der Waals surface area contributed by atoms with Crippen LogP contribution in [0, 0.1) is 5.82 Å². The molecule has 0 bridgehead atoms. The van der Waals surface area contributed by atoms with Crippen molar-refractivity contribution < 1.29 is 14.0 Å². The van der Waals surface area contributed by atoms with E-state index in [1.807, 2.05) is 37.3 Å². The summed E-state index contributed by atoms with van der Waals surface area (Å²) in [5, 5.41) is 5.72. The molecule has 2 N–H and O–H groups in total. The number of carbonyl (C=O) groups excluding carboxylic acids is 2. The molecule has 0 aliphatic heterocycles. The van der Waals surface area contributed by atoms with Gasteiger partial charge in [-0.3, -0.25) is 9.59 Å². The Morgan fingerprint density at radius 1 is 0.897 bits per heavy atom. The van der Waals surface area contributed by atoms with Crippen LogP contribution in [0.25, 0.3) is 0 Å². The van der Waals surface area contributed by atoms with Crippen molar-refractivity contribution in [2.45, 2.75) is 25.8 Å². The number of halogens is 1. The van der Waals surface area contributed by atoms with Crippen LogP contribution in [0.3, 0.4) is 0 Å². The van der Waals surface area contributed by atoms with Crippen molar-refractivity contribution in [3.05, 3.63) is 101 Å². The lowest BCUT2D eigenvalue weighted by molar-refractivity contribution is -0.116. The Morgan fingerprint density at radius 2 is 1.55 bits per heavy atom. The molecule has 0 aromatic heterocycles. The lowest BCUT2D eigenvalue weighted by Crippen LogP contribution is -2.28. The van der Waals surface area contributed by atoms with Gasteiger partial charge in [-0.15, -0.1) is 0 Å². The Bertz CT molecular complexity index is 989. The Kier molecular flexibility index (Phi) is 6.74. The Balaban J connectivity index is 1.64. The first-order chi connectivity index (χ1) is 14.0. The van der Waals surface area contributed by atoms with E-state index in [1.54, 1.807) is 42.5 Å². The number of rotatable bonds is 7. The van der Waals surface area contributed by atoms with Gasteiger partial charge in [0.15, 0.2) is 0 Å². The van der Waals surface area contributed by atoms with Crippen LogP contribution in [0.15, 0.2) is 78.9 Å². The minimum absolute atomic E-state index is 0.122. The van der Waals surface area contributed by atoms with Gasteiger partial charge in [-0.1, -0.05) is 60.7 Å². The highest BCUT2D eigenvalue weighted by atomic mass is 19.1. The number of carbonyl (C=O) groups is 2. The quantitative estimate of drug-likeness (QED) is 0.604. The molecule has 148 valence electrons. The molecule has 0 spiro atoms. The Labute approximate surface area is 169 Å². The van der Waals surface area contributed by atoms with E-state index in [0.717, 1.165) is 5.56 Å². The van der Waals surface area contributed by atoms with Crippen LogP contribution in [-0.4, -0.2) is 11.8 Å². The first kappa shape index (κ1) is 20.3. The fraction of sp³-hybridized carbons (Fsp3) is 0.167. The van der Waals surface area contributed by atoms with E-state index in [2.05, 4.69) is 10.6 Å². The van der Waals surface area contributed by atoms with E-state index in [0.29, 0.717) is 16.8 Å². The van der Waals surface area contributed by atoms with Gasteiger partial charge in [0.25, 0.3) is 5.91 Å². The molecule has 29 heavy (non-hydrogen) atoms. The average Bonchev–Trinajstić information content (AvgIpc) is 2.74. The van der Waals surface area contributed by atoms with Gasteiger partial charge in [-0.25, -0.2) is 4.39 Å². The smallest absolute Gasteiger partial charge is 0.253 e. The summed E-state index contributed by atoms with van der Waals surface area (Å²) in [5.74, 6) is -0.869. The SMILES string of the molecule is CC(NC(=O)c1ccccc1NC(=O)CCc1ccccc1F)c1ccccc1. The van der Waals surface area contributed by atoms with E-state index in [-0.39, 0.29) is 36.5 Å². The van der Waals surface area contributed by atoms with Crippen molar-refractivity contribution in [3.8, 4) is 0 Å². The largest absolute Gasteiger partial charge is 0.345 e. The van der Waals surface area contributed by atoms with Crippen molar-refractivity contribution >= 4 is 17.5 Å². The summed E-state index contributed by atoms with van der Waals surface area (Å²) < 4.78 is 13.7. The molecule has 0 heterocycles. The van der Waals surface area contributed by atoms with Gasteiger partial charge in [-0.05, 0) is 42.7 Å². The van der Waals surface area contributed by atoms with E-state index in [4.69, 9.17) is 0 Å². The molecule has 0 radical (unpaired) electrons. The molecule has 3 aromatic carbocycles. The second kappa shape index (κ2) is 9.64. The molecule has 5 heteroatoms. The van der Waals surface area contributed by atoms with Crippen molar-refractivity contribution in [1.29, 1.82) is 0 Å². The van der Waals surface area contributed by atoms with Gasteiger partial charge >= 0.3 is 0 Å². The van der Waals surface area contributed by atoms with Gasteiger partial charge in [0.05, 0.1) is 17.3 Å². The molecule has 4 nitrogen and oxygen atoms in total. The molecule has 1 atom stereocenters. The van der Waals surface area contributed by atoms with E-state index < -0.39 is 0 Å². The van der Waals surface area contributed by atoms with Crippen molar-refractivity contribution in [1.82, 2.24) is 5.32 Å². The zero-order valence-corrected chi connectivity index (χ0v) is 16.2. The molecular weight excluding hydrogens is 367 g/mol. The van der Waals surface area contributed by atoms with Gasteiger partial charge in [0.2, 0.25) is 5.91 Å². The van der Waals surface area contributed by atoms with Crippen LogP contribution in [0.1, 0.15) is 40.9 Å². The van der Waals surface area contributed by atoms with E-state index in [1.165, 1.54) is 6.07 Å². The minimum Gasteiger partial charge on any atom is -0.345 e. The number of hydrogen-bond acceptors (Lipinski definition) is 2. The maximum absolute atomic E-state index is 13.7. The zero-order valence-electron chi connectivity index (χ0n) is 16.2. The fourth-order valence-electron chi connectivity index (χ4n) is 3.05. The summed E-state index contributed by atoms with van der Waals surface area (Å²) in [5.41, 5.74) is 2.30. The van der Waals surface area contributed by atoms with Gasteiger partial charge in [0.1, 0.15) is 5.82 Å². The van der Waals surface area contributed by atoms with E-state index >= 15 is 0 Å². The molecule has 2 amide bonds. The fourth-order valence-corrected chi connectivity index (χ4v) is 3.05. The number of benzene rings is 3. The van der Waals surface area contributed by atoms with Gasteiger partial charge in [0, 0.05) is 6.42 Å². The van der Waals surface area contributed by atoms with Crippen LogP contribution in [-0.2, 0) is 11.2 Å². The second-order valence-electron chi connectivity index (χ2n) is 6.79. The molecule has 0 aliphatic carbocycles. The van der Waals surface area contributed by atoms with Crippen LogP contribution in [0.5, 0.6) is 0 Å². The minimum atomic E-state index is -0.324. The molecule has 3 rings (SSSR count). The summed E-state index contributed by atoms with van der Waals surface area (Å²) in [6, 6.07) is 22.7. The first-order valence-corrected chi connectivity index (χ1v) is 9.52. The van der Waals surface area contributed by atoms with Gasteiger partial charge in [-0.2, -0.15) is 0 Å². The van der Waals surface area contributed by atoms with E-state index in [9.17, 15) is 14.0 Å². The highest BCUT2D eigenvalue weighted by Crippen LogP contribution is 2.18. The average molecular weight is 390 g/mol. The van der Waals surface area contributed by atoms with Crippen molar-refractivity contribution in [3.63, 3.8) is 0 Å². The van der Waals surface area contributed by atoms with Crippen LogP contribution >= 0.6 is 0 Å². The van der Waals surface area contributed by atoms with Crippen LogP contribution in [0.4, 0.5) is 10.1 Å². The highest BCUT2D eigenvalue weighted by molar-refractivity contribution is 6.03. The molecule has 1 unspecified atom stereocenters. The normalized spacial score (nSPS) is 11.5. The molecule has 3 aromatic rings. The second-order valence-corrected chi connectivity index (χ2v) is 6.79. The summed E-state index contributed by atoms with van der Waals surface area (Å²) >= 11 is 0. The maximum atomic E-state index is 13.7. The lowest BCUT2D eigenvalue weighted by atomic mass is 10.1. The van der Waals surface area contributed by atoms with Crippen molar-refractivity contribution in [2.75, 3.05) is 5.32 Å². The number of anilines is 1. The number of amides is 2. The first-order valence-electron chi connectivity index (χ1n) is 9.52. The molecule has 0 saturated carbocycles. The topological polar surface area (TPSA) is 58.2 Å². The summed E-state index contributed by atoms with van der Waals surface area (Å²) in [6.45, 7) is 1.91. The van der Waals surface area contributed by atoms with Crippen molar-refractivity contribution in [2.24, 2.45) is 0 Å². The molecule has 0 aliphatic rings. The maximum Gasteiger partial charge on any atom is 0.253 e. The number of para-hydroxylation sites is 1. The summed E-state index contributed by atoms with van der Waals surface area (Å²) in [7, 11) is 0. The third-order valence-corrected chi connectivity index (χ3v) is 4.67. The standard InChI is InChI=1S/C24H23FN2O2/c1-17(18-9-3-2-4-10-18)26-24(29)20-12-6-8-14-22(20)27-23(28)16-15-19-11-5-7-13-21(19)25/h2-14,17H,15-16H2,1H3,(H,26,29)(H,27,28). The summed E-state index contributed by atoms with van der Waals surface area (Å²) in [6.07, 6.45) is 0.412. The predicted octanol–water partition coefficient (Wildman–Crippen LogP) is 4.89. The number of nitrogens with one attached hydrogen (secondary N) is 2. The molecular formula is C24H23FN2O2. The van der Waals surface area contributed by atoms with Crippen LogP contribution < -0.4 is 10.6 Å². The predicted molar refractivity (Wildman–Crippen MR) is 112 cm³/mol. The zero-order chi connectivity index (χ0) is 20.6. The summed E-state index contributed by atoms with van der Waals surface area (Å²) in [4.78, 5) is 25.1. The third-order valence-electron chi connectivity index (χ3n) is 4.67. The third kappa shape index (κ3) is 5.51. The monoisotopic (exact) mass is 390 g/mol. The highest BCUT2D eigenvalue weighted by Gasteiger charge is 2.16. The lowest BCUT2D eigenvalue weighted by Gasteiger charge is -2.16. The Morgan fingerprint density at radius 3 is 2.31 bits per heavy atom. The van der Waals surface area contributed by atoms with Gasteiger partial charge < -0.3 is 10.6 Å².